The molecule has 5 heteroatoms. The van der Waals surface area contributed by atoms with Gasteiger partial charge in [-0.2, -0.15) is 0 Å². The van der Waals surface area contributed by atoms with Crippen LogP contribution in [0.1, 0.15) is 39.1 Å². The van der Waals surface area contributed by atoms with E-state index in [2.05, 4.69) is 86.2 Å². The number of hydrogen-bond acceptors (Lipinski definition) is 2. The van der Waals surface area contributed by atoms with Gasteiger partial charge in [-0.25, -0.2) is 0 Å². The molecule has 2 aromatic carbocycles. The van der Waals surface area contributed by atoms with Gasteiger partial charge < -0.3 is 24.8 Å². The fraction of sp³-hybridized carbons (Fsp3) is 0.188. The largest absolute Gasteiger partial charge is 2.00 e. The molecule has 0 fully saturated rings. The van der Waals surface area contributed by atoms with Crippen molar-refractivity contribution in [2.45, 2.75) is 38.5 Å². The molecule has 2 aliphatic rings. The third-order valence-electron chi connectivity index (χ3n) is 7.40. The first-order valence-corrected chi connectivity index (χ1v) is 11.7. The topological polar surface area (TPSA) is 25.8 Å². The van der Waals surface area contributed by atoms with Gasteiger partial charge in [-0.15, -0.1) is 92.7 Å². The van der Waals surface area contributed by atoms with Gasteiger partial charge in [-0.05, 0) is 24.3 Å². The van der Waals surface area contributed by atoms with Crippen LogP contribution in [0.15, 0.2) is 85.2 Å². The Bertz CT molecular complexity index is 1480. The van der Waals surface area contributed by atoms with Crippen molar-refractivity contribution in [2.75, 3.05) is 0 Å². The summed E-state index contributed by atoms with van der Waals surface area (Å²) in [6.07, 6.45) is 8.24. The smallest absolute Gasteiger partial charge is 1.00 e. The maximum absolute atomic E-state index is 4.50. The Kier molecular flexibility index (Phi) is 10.4. The molecule has 2 unspecified atom stereocenters. The van der Waals surface area contributed by atoms with E-state index in [9.17, 15) is 0 Å². The predicted octanol–water partition coefficient (Wildman–Crippen LogP) is -2.39. The maximum atomic E-state index is 4.50. The van der Waals surface area contributed by atoms with Crippen molar-refractivity contribution >= 4 is 23.3 Å². The van der Waals surface area contributed by atoms with Gasteiger partial charge in [-0.3, -0.25) is 9.97 Å². The van der Waals surface area contributed by atoms with Crippen LogP contribution >= 0.6 is 0 Å². The Labute approximate surface area is 250 Å². The second kappa shape index (κ2) is 12.5. The third kappa shape index (κ3) is 5.60. The van der Waals surface area contributed by atoms with E-state index in [1.165, 1.54) is 32.0 Å². The molecule has 2 heterocycles. The summed E-state index contributed by atoms with van der Waals surface area (Å²) in [4.78, 5) is 9.00. The van der Waals surface area contributed by atoms with Crippen LogP contribution in [0.5, 0.6) is 0 Å². The second-order valence-corrected chi connectivity index (χ2v) is 9.37. The molecular formula is C32H28Cl2N2Zr-2. The summed E-state index contributed by atoms with van der Waals surface area (Å²) >= 11 is 0. The van der Waals surface area contributed by atoms with Crippen molar-refractivity contribution in [1.29, 1.82) is 0 Å². The van der Waals surface area contributed by atoms with Gasteiger partial charge >= 0.3 is 26.2 Å². The Morgan fingerprint density at radius 1 is 0.595 bits per heavy atom. The van der Waals surface area contributed by atoms with E-state index in [4.69, 9.17) is 0 Å². The van der Waals surface area contributed by atoms with Crippen LogP contribution in [-0.4, -0.2) is 9.97 Å². The predicted molar refractivity (Wildman–Crippen MR) is 139 cm³/mol. The van der Waals surface area contributed by atoms with Crippen LogP contribution in [-0.2, 0) is 37.0 Å². The summed E-state index contributed by atoms with van der Waals surface area (Å²) in [5.41, 5.74) is 4.71. The number of fused-ring (bicyclic) bond motifs is 2. The molecule has 0 radical (unpaired) electrons. The third-order valence-corrected chi connectivity index (χ3v) is 7.40. The fourth-order valence-corrected chi connectivity index (χ4v) is 5.02. The Morgan fingerprint density at radius 2 is 1.00 bits per heavy atom. The molecule has 2 nitrogen and oxygen atoms in total. The van der Waals surface area contributed by atoms with Crippen molar-refractivity contribution < 1.29 is 51.0 Å². The molecule has 6 rings (SSSR count). The monoisotopic (exact) mass is 600 g/mol. The first-order chi connectivity index (χ1) is 16.4. The molecule has 0 bridgehead atoms. The fourth-order valence-electron chi connectivity index (χ4n) is 5.02. The zero-order chi connectivity index (χ0) is 23.8. The summed E-state index contributed by atoms with van der Waals surface area (Å²) in [5.74, 6) is 0. The molecule has 0 saturated carbocycles. The number of benzene rings is 2. The van der Waals surface area contributed by atoms with E-state index in [0.717, 1.165) is 11.4 Å². The van der Waals surface area contributed by atoms with Gasteiger partial charge in [0, 0.05) is 34.6 Å². The van der Waals surface area contributed by atoms with Crippen LogP contribution in [0, 0.1) is 12.1 Å². The minimum atomic E-state index is -0.0958. The molecular weight excluding hydrogens is 574 g/mol. The first kappa shape index (κ1) is 30.9. The van der Waals surface area contributed by atoms with E-state index < -0.39 is 0 Å². The maximum Gasteiger partial charge on any atom is 2.00 e. The van der Waals surface area contributed by atoms with Crippen molar-refractivity contribution in [3.63, 3.8) is 0 Å². The Morgan fingerprint density at radius 3 is 1.32 bits per heavy atom. The molecule has 0 saturated heterocycles. The van der Waals surface area contributed by atoms with Crippen molar-refractivity contribution in [3.8, 4) is 0 Å². The van der Waals surface area contributed by atoms with Gasteiger partial charge in [0.05, 0.1) is 0 Å². The minimum Gasteiger partial charge on any atom is -1.00 e. The molecule has 4 aromatic rings. The van der Waals surface area contributed by atoms with Crippen molar-refractivity contribution in [1.82, 2.24) is 9.97 Å². The van der Waals surface area contributed by atoms with Crippen molar-refractivity contribution in [2.24, 2.45) is 0 Å². The van der Waals surface area contributed by atoms with E-state index in [-0.39, 0.29) is 61.8 Å². The van der Waals surface area contributed by atoms with E-state index in [1.54, 1.807) is 0 Å². The van der Waals surface area contributed by atoms with Crippen LogP contribution < -0.4 is 45.7 Å². The molecule has 2 atom stereocenters. The molecule has 2 aromatic heterocycles. The minimum absolute atomic E-state index is 0. The molecule has 0 amide bonds. The average Bonchev–Trinajstić information content (AvgIpc) is 3.31. The normalized spacial score (nSPS) is 20.3. The summed E-state index contributed by atoms with van der Waals surface area (Å²) in [7, 11) is 0. The summed E-state index contributed by atoms with van der Waals surface area (Å²) in [6.45, 7) is 8.81. The second-order valence-electron chi connectivity index (χ2n) is 9.37. The van der Waals surface area contributed by atoms with Gasteiger partial charge in [0.15, 0.2) is 0 Å². The number of pyridine rings is 2. The van der Waals surface area contributed by atoms with Gasteiger partial charge in [0.1, 0.15) is 0 Å². The van der Waals surface area contributed by atoms with E-state index in [1.807, 2.05) is 60.9 Å². The van der Waals surface area contributed by atoms with Gasteiger partial charge in [0.25, 0.3) is 0 Å². The van der Waals surface area contributed by atoms with Crippen molar-refractivity contribution in [3.05, 3.63) is 130 Å². The average molecular weight is 603 g/mol. The molecule has 0 spiro atoms. The first-order valence-electron chi connectivity index (χ1n) is 11.7. The molecule has 0 N–H and O–H groups in total. The Hall–Kier alpha value is -2.32. The molecule has 2 aliphatic carbocycles. The quantitative estimate of drug-likeness (QED) is 0.240. The number of hydrogen-bond donors (Lipinski definition) is 0. The number of halogens is 2. The standard InChI is InChI=1S/2C16H14N.2ClH.Zr/c2*1-12-14-8-4-3-7-13(14)11-16(12,2)15-9-5-6-10-17-15;;;/h2*3-6,8-11H,1-2H3;2*1H;/q2*-1;;;+2/p-2. The summed E-state index contributed by atoms with van der Waals surface area (Å²) in [6, 6.07) is 31.1. The zero-order valence-electron chi connectivity index (χ0n) is 21.4. The zero-order valence-corrected chi connectivity index (χ0v) is 25.4. The van der Waals surface area contributed by atoms with Crippen LogP contribution in [0.2, 0.25) is 0 Å². The number of nitrogens with zero attached hydrogens (tertiary/aromatic N) is 2. The molecule has 186 valence electrons. The van der Waals surface area contributed by atoms with Gasteiger partial charge in [0.2, 0.25) is 0 Å². The Balaban J connectivity index is 0.000000241. The summed E-state index contributed by atoms with van der Waals surface area (Å²) in [5, 5.41) is 4.97. The van der Waals surface area contributed by atoms with E-state index in [0.29, 0.717) is 0 Å². The number of rotatable bonds is 2. The summed E-state index contributed by atoms with van der Waals surface area (Å²) < 4.78 is 0. The SMILES string of the molecule is CC1=c2ccc[c-]c2=CC1(C)c1ccccn1.CC1=c2ccc[c-]c2=CC1(C)c1ccccn1.[Cl-].[Cl-].[Zr+2]. The van der Waals surface area contributed by atoms with Gasteiger partial charge in [-0.1, -0.05) is 39.8 Å². The van der Waals surface area contributed by atoms with E-state index >= 15 is 0 Å². The van der Waals surface area contributed by atoms with Crippen LogP contribution in [0.3, 0.4) is 0 Å². The molecule has 37 heavy (non-hydrogen) atoms. The van der Waals surface area contributed by atoms with Crippen LogP contribution in [0.25, 0.3) is 23.3 Å². The molecule has 0 aliphatic heterocycles. The van der Waals surface area contributed by atoms with Crippen LogP contribution in [0.4, 0.5) is 0 Å². The number of aromatic nitrogens is 2.